The zero-order valence-electron chi connectivity index (χ0n) is 14.0. The van der Waals surface area contributed by atoms with Crippen molar-refractivity contribution in [3.63, 3.8) is 0 Å². The van der Waals surface area contributed by atoms with Gasteiger partial charge in [0.15, 0.2) is 0 Å². The van der Waals surface area contributed by atoms with E-state index in [1.807, 2.05) is 6.92 Å². The molecule has 0 radical (unpaired) electrons. The summed E-state index contributed by atoms with van der Waals surface area (Å²) in [5.41, 5.74) is 0.148. The Morgan fingerprint density at radius 2 is 1.84 bits per heavy atom. The summed E-state index contributed by atoms with van der Waals surface area (Å²) in [7, 11) is -4.94. The van der Waals surface area contributed by atoms with Gasteiger partial charge in [-0.25, -0.2) is 28.4 Å². The molecule has 0 bridgehead atoms. The number of hydrogen-bond donors (Lipinski definition) is 0. The van der Waals surface area contributed by atoms with Crippen molar-refractivity contribution in [2.75, 3.05) is 6.54 Å². The van der Waals surface area contributed by atoms with E-state index < -0.39 is 27.7 Å². The summed E-state index contributed by atoms with van der Waals surface area (Å²) < 4.78 is 39.0. The average Bonchev–Trinajstić information content (AvgIpc) is 2.40. The molecule has 1 aromatic heterocycles. The van der Waals surface area contributed by atoms with Gasteiger partial charge in [0.05, 0.1) is 12.6 Å². The SMILES string of the molecule is C[C@@H](c1ccnc(Cl)c1)N1CC(C)(C)OC(=O)C1=O.[Li+].[O-][Cl+3]([O-])([O-])[O-]. The van der Waals surface area contributed by atoms with Crippen LogP contribution < -0.4 is 37.5 Å². The summed E-state index contributed by atoms with van der Waals surface area (Å²) in [6, 6.07) is 3.20. The zero-order valence-corrected chi connectivity index (χ0v) is 15.5. The molecule has 25 heavy (non-hydrogen) atoms. The molecule has 0 saturated carbocycles. The third-order valence-electron chi connectivity index (χ3n) is 3.06. The van der Waals surface area contributed by atoms with Crippen LogP contribution in [0.3, 0.4) is 0 Å². The number of amides is 1. The molecule has 1 amide bonds. The van der Waals surface area contributed by atoms with Crippen molar-refractivity contribution in [1.29, 1.82) is 0 Å². The van der Waals surface area contributed by atoms with E-state index in [-0.39, 0.29) is 24.9 Å². The van der Waals surface area contributed by atoms with Crippen LogP contribution in [0.4, 0.5) is 0 Å². The number of halogens is 2. The Hall–Kier alpha value is -0.893. The molecule has 134 valence electrons. The van der Waals surface area contributed by atoms with Gasteiger partial charge in [0.1, 0.15) is 10.8 Å². The summed E-state index contributed by atoms with van der Waals surface area (Å²) in [4.78, 5) is 28.9. The average molecular weight is 389 g/mol. The van der Waals surface area contributed by atoms with Gasteiger partial charge in [-0.3, -0.25) is 4.79 Å². The standard InChI is InChI=1S/C13H15ClN2O3.ClHO4.Li/c1-8(9-4-5-15-10(14)6-9)16-7-13(2,3)19-12(18)11(16)17;2-1(3,4)5;/h4-6,8H,7H2,1-3H3;(H,2,3,4,5);/q;;+1/p-1/t8-;;/m0../s1. The molecule has 9 nitrogen and oxygen atoms in total. The second-order valence-electron chi connectivity index (χ2n) is 5.55. The van der Waals surface area contributed by atoms with Gasteiger partial charge in [-0.05, 0) is 38.5 Å². The molecule has 1 fully saturated rings. The first-order valence-corrected chi connectivity index (χ1v) is 8.18. The van der Waals surface area contributed by atoms with Crippen molar-refractivity contribution in [2.24, 2.45) is 0 Å². The first-order valence-electron chi connectivity index (χ1n) is 6.57. The molecule has 0 unspecified atom stereocenters. The molecule has 0 aliphatic carbocycles. The van der Waals surface area contributed by atoms with E-state index >= 15 is 0 Å². The summed E-state index contributed by atoms with van der Waals surface area (Å²) in [5.74, 6) is -1.44. The summed E-state index contributed by atoms with van der Waals surface area (Å²) in [6.45, 7) is 5.74. The molecule has 1 aromatic rings. The predicted molar refractivity (Wildman–Crippen MR) is 69.5 cm³/mol. The number of esters is 1. The molecule has 12 heteroatoms. The Bertz CT molecular complexity index is 619. The maximum atomic E-state index is 11.9. The molecular weight excluding hydrogens is 374 g/mol. The van der Waals surface area contributed by atoms with Crippen LogP contribution in [-0.4, -0.2) is 33.9 Å². The quantitative estimate of drug-likeness (QED) is 0.210. The van der Waals surface area contributed by atoms with E-state index in [9.17, 15) is 9.59 Å². The molecule has 2 rings (SSSR count). The van der Waals surface area contributed by atoms with Crippen LogP contribution in [-0.2, 0) is 14.3 Å². The summed E-state index contributed by atoms with van der Waals surface area (Å²) in [6.07, 6.45) is 1.58. The molecule has 0 aromatic carbocycles. The van der Waals surface area contributed by atoms with Crippen LogP contribution in [0.5, 0.6) is 0 Å². The molecule has 0 N–H and O–H groups in total. The number of morpholine rings is 1. The molecule has 1 aliphatic rings. The van der Waals surface area contributed by atoms with Gasteiger partial charge in [0.2, 0.25) is 0 Å². The van der Waals surface area contributed by atoms with Crippen molar-refractivity contribution < 1.29 is 62.1 Å². The van der Waals surface area contributed by atoms with E-state index in [0.717, 1.165) is 5.56 Å². The second-order valence-corrected chi connectivity index (χ2v) is 6.69. The maximum absolute atomic E-state index is 11.9. The Morgan fingerprint density at radius 1 is 1.32 bits per heavy atom. The van der Waals surface area contributed by atoms with Gasteiger partial charge in [-0.1, -0.05) is 11.6 Å². The van der Waals surface area contributed by atoms with Crippen LogP contribution in [0.15, 0.2) is 18.3 Å². The number of aromatic nitrogens is 1. The van der Waals surface area contributed by atoms with E-state index in [2.05, 4.69) is 4.98 Å². The van der Waals surface area contributed by atoms with Crippen molar-refractivity contribution in [2.45, 2.75) is 32.4 Å². The molecule has 2 heterocycles. The smallest absolute Gasteiger partial charge is 0.451 e. The Morgan fingerprint density at radius 3 is 2.32 bits per heavy atom. The predicted octanol–water partition coefficient (Wildman–Crippen LogP) is -5.79. The van der Waals surface area contributed by atoms with Crippen LogP contribution in [0.25, 0.3) is 0 Å². The van der Waals surface area contributed by atoms with Gasteiger partial charge in [-0.15, -0.1) is 10.2 Å². The Kier molecular flexibility index (Phi) is 8.84. The fraction of sp³-hybridized carbons (Fsp3) is 0.462. The van der Waals surface area contributed by atoms with Gasteiger partial charge >= 0.3 is 30.7 Å². The van der Waals surface area contributed by atoms with E-state index in [4.69, 9.17) is 35.0 Å². The molecule has 1 atom stereocenters. The summed E-state index contributed by atoms with van der Waals surface area (Å²) in [5, 5.41) is 0.357. The number of cyclic esters (lactones) is 1. The number of ether oxygens (including phenoxy) is 1. The minimum Gasteiger partial charge on any atom is -0.451 e. The van der Waals surface area contributed by atoms with Crippen molar-refractivity contribution in [1.82, 2.24) is 9.88 Å². The van der Waals surface area contributed by atoms with Crippen LogP contribution in [0, 0.1) is 10.2 Å². The van der Waals surface area contributed by atoms with Crippen LogP contribution in [0.1, 0.15) is 32.4 Å². The van der Waals surface area contributed by atoms with E-state index in [0.29, 0.717) is 11.7 Å². The minimum atomic E-state index is -4.94. The second kappa shape index (κ2) is 9.16. The van der Waals surface area contributed by atoms with Crippen LogP contribution in [0.2, 0.25) is 5.15 Å². The third kappa shape index (κ3) is 8.35. The van der Waals surface area contributed by atoms with Crippen molar-refractivity contribution >= 4 is 23.5 Å². The Balaban J connectivity index is 0.000000848. The normalized spacial score (nSPS) is 17.7. The minimum absolute atomic E-state index is 0. The number of carbonyl (C=O) groups excluding carboxylic acids is 2. The van der Waals surface area contributed by atoms with E-state index in [1.54, 1.807) is 32.2 Å². The fourth-order valence-electron chi connectivity index (χ4n) is 2.10. The number of rotatable bonds is 2. The van der Waals surface area contributed by atoms with Gasteiger partial charge in [0.25, 0.3) is 0 Å². The number of hydrogen-bond acceptors (Lipinski definition) is 8. The van der Waals surface area contributed by atoms with Gasteiger partial charge in [-0.2, -0.15) is 0 Å². The monoisotopic (exact) mass is 388 g/mol. The van der Waals surface area contributed by atoms with Crippen molar-refractivity contribution in [3.05, 3.63) is 29.0 Å². The van der Waals surface area contributed by atoms with Gasteiger partial charge in [0, 0.05) is 6.20 Å². The number of carbonyl (C=O) groups is 2. The Labute approximate surface area is 163 Å². The largest absolute Gasteiger partial charge is 1.00 e. The van der Waals surface area contributed by atoms with Crippen LogP contribution >= 0.6 is 11.6 Å². The van der Waals surface area contributed by atoms with Gasteiger partial charge < -0.3 is 9.64 Å². The first kappa shape index (κ1) is 24.1. The number of nitrogens with zero attached hydrogens (tertiary/aromatic N) is 2. The first-order chi connectivity index (χ1) is 10.8. The third-order valence-corrected chi connectivity index (χ3v) is 3.26. The maximum Gasteiger partial charge on any atom is 1.00 e. The topological polar surface area (TPSA) is 152 Å². The number of pyridine rings is 1. The molecule has 1 aliphatic heterocycles. The molecular formula is C13H15Cl2LiN2O7. The molecule has 1 saturated heterocycles. The zero-order chi connectivity index (χ0) is 18.7. The summed E-state index contributed by atoms with van der Waals surface area (Å²) >= 11 is 5.84. The molecule has 0 spiro atoms. The van der Waals surface area contributed by atoms with Crippen molar-refractivity contribution in [3.8, 4) is 0 Å². The van der Waals surface area contributed by atoms with E-state index in [1.165, 1.54) is 4.90 Å². The fourth-order valence-corrected chi connectivity index (χ4v) is 2.28.